The second-order valence-electron chi connectivity index (χ2n) is 7.83. The highest BCUT2D eigenvalue weighted by Crippen LogP contribution is 2.33. The molecule has 0 unspecified atom stereocenters. The number of hydrogen-bond donors (Lipinski definition) is 2. The lowest BCUT2D eigenvalue weighted by Crippen LogP contribution is -2.30. The van der Waals surface area contributed by atoms with Crippen LogP contribution in [0.25, 0.3) is 0 Å². The van der Waals surface area contributed by atoms with Gasteiger partial charge in [0.2, 0.25) is 5.78 Å². The number of likely N-dealkylation sites (N-methyl/N-ethyl adjacent to an activating group) is 1. The summed E-state index contributed by atoms with van der Waals surface area (Å²) in [5.41, 5.74) is 9.26. The highest BCUT2D eigenvalue weighted by Gasteiger charge is 2.21. The van der Waals surface area contributed by atoms with Crippen LogP contribution in [0.1, 0.15) is 33.6 Å². The van der Waals surface area contributed by atoms with E-state index in [0.717, 1.165) is 35.2 Å². The molecule has 0 amide bonds. The Morgan fingerprint density at radius 2 is 2.03 bits per heavy atom. The van der Waals surface area contributed by atoms with Crippen molar-refractivity contribution in [2.45, 2.75) is 25.8 Å². The predicted molar refractivity (Wildman–Crippen MR) is 124 cm³/mol. The molecule has 0 bridgehead atoms. The van der Waals surface area contributed by atoms with E-state index in [4.69, 9.17) is 10.5 Å². The van der Waals surface area contributed by atoms with Crippen molar-refractivity contribution >= 4 is 33.5 Å². The van der Waals surface area contributed by atoms with Gasteiger partial charge in [-0.15, -0.1) is 11.3 Å². The zero-order valence-electron chi connectivity index (χ0n) is 17.4. The largest absolute Gasteiger partial charge is 0.492 e. The lowest BCUT2D eigenvalue weighted by atomic mass is 10.1. The van der Waals surface area contributed by atoms with Crippen LogP contribution in [0.2, 0.25) is 0 Å². The van der Waals surface area contributed by atoms with Crippen LogP contribution in [-0.4, -0.2) is 36.9 Å². The number of aryl methyl sites for hydroxylation is 1. The molecule has 0 radical (unpaired) electrons. The predicted octanol–water partition coefficient (Wildman–Crippen LogP) is 5.09. The number of ketones is 1. The third kappa shape index (κ3) is 4.66. The molecular weight excluding hydrogens is 394 g/mol. The van der Waals surface area contributed by atoms with Crippen LogP contribution in [0.15, 0.2) is 54.6 Å². The molecule has 6 heteroatoms. The number of rotatable bonds is 7. The molecular formula is C24H27N3O2S. The van der Waals surface area contributed by atoms with Crippen molar-refractivity contribution in [2.75, 3.05) is 31.2 Å². The van der Waals surface area contributed by atoms with Gasteiger partial charge >= 0.3 is 0 Å². The van der Waals surface area contributed by atoms with E-state index in [9.17, 15) is 4.79 Å². The molecule has 1 saturated heterocycles. The lowest BCUT2D eigenvalue weighted by Gasteiger charge is -2.19. The number of hydrogen-bond acceptors (Lipinski definition) is 6. The van der Waals surface area contributed by atoms with Crippen LogP contribution in [0, 0.1) is 6.92 Å². The summed E-state index contributed by atoms with van der Waals surface area (Å²) in [5, 5.41) is 4.17. The van der Waals surface area contributed by atoms with Crippen LogP contribution in [-0.2, 0) is 0 Å². The zero-order valence-corrected chi connectivity index (χ0v) is 18.2. The smallest absolute Gasteiger partial charge is 0.205 e. The minimum atomic E-state index is -0.0464. The molecule has 0 spiro atoms. The van der Waals surface area contributed by atoms with Crippen molar-refractivity contribution < 1.29 is 9.53 Å². The van der Waals surface area contributed by atoms with Gasteiger partial charge in [0.05, 0.1) is 10.7 Å². The molecule has 1 atom stereocenters. The van der Waals surface area contributed by atoms with Crippen molar-refractivity contribution in [3.63, 3.8) is 0 Å². The molecule has 30 heavy (non-hydrogen) atoms. The maximum atomic E-state index is 12.8. The van der Waals surface area contributed by atoms with Crippen molar-refractivity contribution in [1.29, 1.82) is 0 Å². The highest BCUT2D eigenvalue weighted by atomic mass is 32.1. The number of ether oxygens (including phenoxy) is 1. The van der Waals surface area contributed by atoms with E-state index >= 15 is 0 Å². The first-order valence-corrected chi connectivity index (χ1v) is 11.0. The average molecular weight is 422 g/mol. The second kappa shape index (κ2) is 8.90. The Morgan fingerprint density at radius 3 is 2.73 bits per heavy atom. The van der Waals surface area contributed by atoms with Crippen LogP contribution >= 0.6 is 11.3 Å². The number of carbonyl (C=O) groups is 1. The number of thiophene rings is 1. The molecule has 1 aliphatic heterocycles. The van der Waals surface area contributed by atoms with E-state index in [-0.39, 0.29) is 5.78 Å². The Hall–Kier alpha value is -2.83. The monoisotopic (exact) mass is 421 g/mol. The second-order valence-corrected chi connectivity index (χ2v) is 8.88. The Morgan fingerprint density at radius 1 is 1.23 bits per heavy atom. The standard InChI is InChI=1S/C24H27N3O2S/c1-16-5-3-6-17(13-16)23(28)24-21(25)14-22(30-24)26-18-8-10-20(11-9-18)29-15-19-7-4-12-27(19)2/h3,5-6,8-11,13-14,19,26H,4,7,12,15,25H2,1-2H3/t19-/m0/s1. The van der Waals surface area contributed by atoms with Gasteiger partial charge in [0.15, 0.2) is 0 Å². The molecule has 3 aromatic rings. The Kier molecular flexibility index (Phi) is 6.06. The molecule has 1 aliphatic rings. The molecule has 5 nitrogen and oxygen atoms in total. The third-order valence-corrected chi connectivity index (χ3v) is 6.55. The first kappa shape index (κ1) is 20.4. The molecule has 1 fully saturated rings. The number of carbonyl (C=O) groups excluding carboxylic acids is 1. The summed E-state index contributed by atoms with van der Waals surface area (Å²) in [4.78, 5) is 15.7. The topological polar surface area (TPSA) is 67.6 Å². The summed E-state index contributed by atoms with van der Waals surface area (Å²) >= 11 is 1.37. The van der Waals surface area contributed by atoms with Crippen LogP contribution in [0.3, 0.4) is 0 Å². The van der Waals surface area contributed by atoms with E-state index in [1.54, 1.807) is 0 Å². The molecule has 0 aliphatic carbocycles. The maximum Gasteiger partial charge on any atom is 0.205 e. The minimum Gasteiger partial charge on any atom is -0.492 e. The first-order chi connectivity index (χ1) is 14.5. The van der Waals surface area contributed by atoms with Gasteiger partial charge in [-0.05, 0) is 69.8 Å². The fraction of sp³-hybridized carbons (Fsp3) is 0.292. The van der Waals surface area contributed by atoms with E-state index in [0.29, 0.717) is 22.2 Å². The summed E-state index contributed by atoms with van der Waals surface area (Å²) in [6.45, 7) is 3.84. The van der Waals surface area contributed by atoms with Crippen molar-refractivity contribution in [2.24, 2.45) is 0 Å². The van der Waals surface area contributed by atoms with Gasteiger partial charge in [0.1, 0.15) is 17.2 Å². The van der Waals surface area contributed by atoms with Crippen LogP contribution in [0.5, 0.6) is 5.75 Å². The number of anilines is 3. The molecule has 1 aromatic heterocycles. The molecule has 156 valence electrons. The molecule has 3 N–H and O–H groups in total. The third-order valence-electron chi connectivity index (χ3n) is 5.48. The fourth-order valence-electron chi connectivity index (χ4n) is 3.72. The highest BCUT2D eigenvalue weighted by molar-refractivity contribution is 7.18. The van der Waals surface area contributed by atoms with Gasteiger partial charge in [0, 0.05) is 17.3 Å². The van der Waals surface area contributed by atoms with Crippen LogP contribution < -0.4 is 15.8 Å². The number of nitrogens with one attached hydrogen (secondary N) is 1. The molecule has 4 rings (SSSR count). The van der Waals surface area contributed by atoms with Crippen molar-refractivity contribution in [3.05, 3.63) is 70.6 Å². The lowest BCUT2D eigenvalue weighted by molar-refractivity contribution is 0.104. The Bertz CT molecular complexity index is 1030. The summed E-state index contributed by atoms with van der Waals surface area (Å²) in [7, 11) is 2.15. The summed E-state index contributed by atoms with van der Waals surface area (Å²) in [6.07, 6.45) is 2.44. The van der Waals surface area contributed by atoms with Gasteiger partial charge in [-0.25, -0.2) is 0 Å². The number of nitrogens with zero attached hydrogens (tertiary/aromatic N) is 1. The van der Waals surface area contributed by atoms with E-state index < -0.39 is 0 Å². The van der Waals surface area contributed by atoms with Gasteiger partial charge in [-0.1, -0.05) is 23.8 Å². The quantitative estimate of drug-likeness (QED) is 0.520. The molecule has 0 saturated carbocycles. The van der Waals surface area contributed by atoms with E-state index in [2.05, 4.69) is 17.3 Å². The SMILES string of the molecule is Cc1cccc(C(=O)c2sc(Nc3ccc(OC[C@@H]4CCCN4C)cc3)cc2N)c1. The number of nitrogen functional groups attached to an aromatic ring is 1. The summed E-state index contributed by atoms with van der Waals surface area (Å²) in [5.74, 6) is 0.816. The van der Waals surface area contributed by atoms with Crippen LogP contribution in [0.4, 0.5) is 16.4 Å². The first-order valence-electron chi connectivity index (χ1n) is 10.2. The fourth-order valence-corrected chi connectivity index (χ4v) is 4.68. The maximum absolute atomic E-state index is 12.8. The number of benzene rings is 2. The Labute approximate surface area is 181 Å². The van der Waals surface area contributed by atoms with Gasteiger partial charge in [0.25, 0.3) is 0 Å². The van der Waals surface area contributed by atoms with Crippen molar-refractivity contribution in [3.8, 4) is 5.75 Å². The van der Waals surface area contributed by atoms with Gasteiger partial charge in [-0.3, -0.25) is 4.79 Å². The van der Waals surface area contributed by atoms with Gasteiger partial charge < -0.3 is 20.7 Å². The van der Waals surface area contributed by atoms with E-state index in [1.807, 2.05) is 61.5 Å². The molecule has 2 heterocycles. The van der Waals surface area contributed by atoms with Crippen molar-refractivity contribution in [1.82, 2.24) is 4.90 Å². The number of likely N-dealkylation sites (tertiary alicyclic amines) is 1. The van der Waals surface area contributed by atoms with Gasteiger partial charge in [-0.2, -0.15) is 0 Å². The Balaban J connectivity index is 1.40. The zero-order chi connectivity index (χ0) is 21.1. The number of nitrogens with two attached hydrogens (primary N) is 1. The normalized spacial score (nSPS) is 16.5. The summed E-state index contributed by atoms with van der Waals surface area (Å²) in [6, 6.07) is 17.8. The average Bonchev–Trinajstić information content (AvgIpc) is 3.31. The molecule has 2 aromatic carbocycles. The van der Waals surface area contributed by atoms with E-state index in [1.165, 1.54) is 24.2 Å². The minimum absolute atomic E-state index is 0.0464. The summed E-state index contributed by atoms with van der Waals surface area (Å²) < 4.78 is 5.95.